The Morgan fingerprint density at radius 3 is 2.79 bits per heavy atom. The molecule has 5 rings (SSSR count). The van der Waals surface area contributed by atoms with E-state index in [2.05, 4.69) is 26.4 Å². The van der Waals surface area contributed by atoms with E-state index in [4.69, 9.17) is 16.6 Å². The highest BCUT2D eigenvalue weighted by Crippen LogP contribution is 2.28. The van der Waals surface area contributed by atoms with Crippen molar-refractivity contribution in [3.05, 3.63) is 81.7 Å². The quantitative estimate of drug-likeness (QED) is 0.469. The maximum atomic E-state index is 6.71. The number of thiophene rings is 1. The van der Waals surface area contributed by atoms with Crippen LogP contribution >= 0.6 is 22.9 Å². The van der Waals surface area contributed by atoms with Gasteiger partial charge in [0.15, 0.2) is 5.82 Å². The van der Waals surface area contributed by atoms with Gasteiger partial charge in [-0.15, -0.1) is 11.3 Å². The molecule has 0 saturated heterocycles. The third-order valence-corrected chi connectivity index (χ3v) is 6.51. The van der Waals surface area contributed by atoms with E-state index in [9.17, 15) is 0 Å². The third-order valence-electron chi connectivity index (χ3n) is 5.26. The second-order valence-corrected chi connectivity index (χ2v) is 8.51. The summed E-state index contributed by atoms with van der Waals surface area (Å²) in [5, 5.41) is 7.41. The zero-order valence-electron chi connectivity index (χ0n) is 16.0. The van der Waals surface area contributed by atoms with Crippen LogP contribution in [-0.4, -0.2) is 31.2 Å². The van der Waals surface area contributed by atoms with E-state index >= 15 is 0 Å². The summed E-state index contributed by atoms with van der Waals surface area (Å²) >= 11 is 8.39. The Hall–Kier alpha value is -2.54. The Morgan fingerprint density at radius 2 is 2.00 bits per heavy atom. The highest BCUT2D eigenvalue weighted by Gasteiger charge is 2.22. The molecule has 29 heavy (non-hydrogen) atoms. The van der Waals surface area contributed by atoms with Crippen LogP contribution in [0.15, 0.2) is 54.0 Å². The average molecular weight is 422 g/mol. The van der Waals surface area contributed by atoms with Crippen LogP contribution in [0.5, 0.6) is 0 Å². The summed E-state index contributed by atoms with van der Waals surface area (Å²) in [6, 6.07) is 14.1. The van der Waals surface area contributed by atoms with Gasteiger partial charge < -0.3 is 0 Å². The molecule has 7 heteroatoms. The smallest absolute Gasteiger partial charge is 0.169 e. The van der Waals surface area contributed by atoms with Crippen molar-refractivity contribution in [2.24, 2.45) is 0 Å². The minimum atomic E-state index is 0.684. The van der Waals surface area contributed by atoms with Crippen LogP contribution in [0.3, 0.4) is 0 Å². The topological polar surface area (TPSA) is 46.8 Å². The molecule has 146 valence electrons. The fourth-order valence-electron chi connectivity index (χ4n) is 3.71. The molecule has 4 heterocycles. The van der Waals surface area contributed by atoms with E-state index in [1.807, 2.05) is 54.2 Å². The predicted molar refractivity (Wildman–Crippen MR) is 116 cm³/mol. The summed E-state index contributed by atoms with van der Waals surface area (Å²) in [4.78, 5) is 12.9. The van der Waals surface area contributed by atoms with Crippen molar-refractivity contribution in [1.82, 2.24) is 24.6 Å². The maximum Gasteiger partial charge on any atom is 0.169 e. The number of hydrogen-bond acceptors (Lipinski definition) is 5. The van der Waals surface area contributed by atoms with Crippen LogP contribution < -0.4 is 0 Å². The van der Waals surface area contributed by atoms with Crippen molar-refractivity contribution in [2.75, 3.05) is 6.54 Å². The molecular formula is C22H20ClN5S. The molecule has 0 unspecified atom stereocenters. The van der Waals surface area contributed by atoms with Crippen LogP contribution in [0.25, 0.3) is 16.4 Å². The number of halogens is 1. The van der Waals surface area contributed by atoms with Crippen LogP contribution in [-0.2, 0) is 19.5 Å². The second kappa shape index (κ2) is 7.71. The number of hydrogen-bond donors (Lipinski definition) is 0. The lowest BCUT2D eigenvalue weighted by molar-refractivity contribution is 0.242. The van der Waals surface area contributed by atoms with E-state index in [-0.39, 0.29) is 0 Å². The summed E-state index contributed by atoms with van der Waals surface area (Å²) in [5.74, 6) is 0.829. The van der Waals surface area contributed by atoms with Crippen LogP contribution in [0, 0.1) is 6.92 Å². The van der Waals surface area contributed by atoms with Gasteiger partial charge in [-0.2, -0.15) is 5.10 Å². The molecule has 5 nitrogen and oxygen atoms in total. The van der Waals surface area contributed by atoms with Crippen molar-refractivity contribution < 1.29 is 0 Å². The SMILES string of the molecule is Cc1nn(-c2ccccc2)c(Cl)c1CN1CCc2nc(-c3cccs3)ncc2C1. The van der Waals surface area contributed by atoms with Crippen molar-refractivity contribution in [3.63, 3.8) is 0 Å². The lowest BCUT2D eigenvalue weighted by Crippen LogP contribution is -2.31. The second-order valence-electron chi connectivity index (χ2n) is 7.21. The van der Waals surface area contributed by atoms with E-state index in [0.717, 1.165) is 59.4 Å². The summed E-state index contributed by atoms with van der Waals surface area (Å²) in [5.41, 5.74) is 5.37. The third kappa shape index (κ3) is 3.59. The Morgan fingerprint density at radius 1 is 1.14 bits per heavy atom. The van der Waals surface area contributed by atoms with E-state index in [1.54, 1.807) is 11.3 Å². The molecule has 0 saturated carbocycles. The highest BCUT2D eigenvalue weighted by atomic mass is 35.5. The lowest BCUT2D eigenvalue weighted by Gasteiger charge is -2.28. The van der Waals surface area contributed by atoms with Gasteiger partial charge in [-0.1, -0.05) is 35.9 Å². The van der Waals surface area contributed by atoms with Crippen LogP contribution in [0.1, 0.15) is 22.5 Å². The first-order valence-electron chi connectivity index (χ1n) is 9.59. The molecule has 0 amide bonds. The predicted octanol–water partition coefficient (Wildman–Crippen LogP) is 4.91. The molecule has 0 bridgehead atoms. The van der Waals surface area contributed by atoms with Gasteiger partial charge >= 0.3 is 0 Å². The largest absolute Gasteiger partial charge is 0.294 e. The number of rotatable bonds is 4. The normalized spacial score (nSPS) is 14.1. The standard InChI is InChI=1S/C22H20ClN5S/c1-15-18(21(23)28(26-15)17-6-3-2-4-7-17)14-27-10-9-19-16(13-27)12-24-22(25-19)20-8-5-11-29-20/h2-8,11-12H,9-10,13-14H2,1H3. The molecule has 1 aliphatic heterocycles. The molecule has 0 spiro atoms. The summed E-state index contributed by atoms with van der Waals surface area (Å²) < 4.78 is 1.82. The summed E-state index contributed by atoms with van der Waals surface area (Å²) in [6.07, 6.45) is 2.89. The molecular weight excluding hydrogens is 402 g/mol. The first-order valence-corrected chi connectivity index (χ1v) is 10.9. The van der Waals surface area contributed by atoms with Crippen molar-refractivity contribution in [3.8, 4) is 16.4 Å². The summed E-state index contributed by atoms with van der Waals surface area (Å²) in [7, 11) is 0. The zero-order chi connectivity index (χ0) is 19.8. The van der Waals surface area contributed by atoms with Gasteiger partial charge in [0.2, 0.25) is 0 Å². The zero-order valence-corrected chi connectivity index (χ0v) is 17.6. The van der Waals surface area contributed by atoms with Gasteiger partial charge in [0.05, 0.1) is 22.0 Å². The van der Waals surface area contributed by atoms with E-state index in [0.29, 0.717) is 5.15 Å². The molecule has 4 aromatic rings. The number of benzene rings is 1. The first-order chi connectivity index (χ1) is 14.2. The van der Waals surface area contributed by atoms with Crippen LogP contribution in [0.4, 0.5) is 0 Å². The highest BCUT2D eigenvalue weighted by molar-refractivity contribution is 7.13. The van der Waals surface area contributed by atoms with E-state index in [1.165, 1.54) is 5.56 Å². The molecule has 0 radical (unpaired) electrons. The monoisotopic (exact) mass is 421 g/mol. The van der Waals surface area contributed by atoms with Gasteiger partial charge in [-0.05, 0) is 30.5 Å². The van der Waals surface area contributed by atoms with Crippen molar-refractivity contribution in [2.45, 2.75) is 26.4 Å². The first kappa shape index (κ1) is 18.5. The van der Waals surface area contributed by atoms with Gasteiger partial charge in [-0.3, -0.25) is 4.90 Å². The fourth-order valence-corrected chi connectivity index (χ4v) is 4.71. The number of fused-ring (bicyclic) bond motifs is 1. The number of aryl methyl sites for hydroxylation is 1. The lowest BCUT2D eigenvalue weighted by atomic mass is 10.1. The minimum Gasteiger partial charge on any atom is -0.294 e. The van der Waals surface area contributed by atoms with Gasteiger partial charge in [0, 0.05) is 43.4 Å². The van der Waals surface area contributed by atoms with Crippen molar-refractivity contribution in [1.29, 1.82) is 0 Å². The molecule has 1 aliphatic rings. The van der Waals surface area contributed by atoms with Gasteiger partial charge in [-0.25, -0.2) is 14.6 Å². The minimum absolute atomic E-state index is 0.684. The molecule has 0 aliphatic carbocycles. The average Bonchev–Trinajstić information content (AvgIpc) is 3.38. The Kier molecular flexibility index (Phi) is 4.91. The maximum absolute atomic E-state index is 6.71. The van der Waals surface area contributed by atoms with Crippen LogP contribution in [0.2, 0.25) is 5.15 Å². The fraction of sp³-hybridized carbons (Fsp3) is 0.227. The van der Waals surface area contributed by atoms with Gasteiger partial charge in [0.1, 0.15) is 5.15 Å². The summed E-state index contributed by atoms with van der Waals surface area (Å²) in [6.45, 7) is 4.56. The molecule has 0 atom stereocenters. The molecule has 0 N–H and O–H groups in total. The number of nitrogens with zero attached hydrogens (tertiary/aromatic N) is 5. The van der Waals surface area contributed by atoms with E-state index < -0.39 is 0 Å². The molecule has 1 aromatic carbocycles. The molecule has 3 aromatic heterocycles. The number of aromatic nitrogens is 4. The Balaban J connectivity index is 1.36. The molecule has 0 fully saturated rings. The van der Waals surface area contributed by atoms with Gasteiger partial charge in [0.25, 0.3) is 0 Å². The van der Waals surface area contributed by atoms with Crippen molar-refractivity contribution >= 4 is 22.9 Å². The number of para-hydroxylation sites is 1. The Labute approximate surface area is 178 Å². The Bertz CT molecular complexity index is 1140.